The first-order valence-electron chi connectivity index (χ1n) is 11.7. The van der Waals surface area contributed by atoms with Crippen LogP contribution in [0.25, 0.3) is 11.1 Å². The highest BCUT2D eigenvalue weighted by Gasteiger charge is 2.38. The van der Waals surface area contributed by atoms with Crippen molar-refractivity contribution < 1.29 is 28.6 Å². The van der Waals surface area contributed by atoms with Crippen molar-refractivity contribution in [1.29, 1.82) is 0 Å². The number of hydrogen-bond donors (Lipinski definition) is 1. The summed E-state index contributed by atoms with van der Waals surface area (Å²) in [5.74, 6) is 0.254. The van der Waals surface area contributed by atoms with E-state index in [1.54, 1.807) is 23.1 Å². The average molecular weight is 487 g/mol. The molecule has 2 amide bonds. The van der Waals surface area contributed by atoms with Gasteiger partial charge >= 0.3 is 5.97 Å². The number of amides is 2. The number of hydrogen-bond acceptors (Lipinski definition) is 6. The Hall–Kier alpha value is -4.33. The molecule has 0 saturated heterocycles. The topological polar surface area (TPSA) is 94.2 Å². The van der Waals surface area contributed by atoms with Gasteiger partial charge in [0.15, 0.2) is 11.5 Å². The summed E-state index contributed by atoms with van der Waals surface area (Å²) in [4.78, 5) is 39.7. The van der Waals surface area contributed by atoms with E-state index >= 15 is 0 Å². The summed E-state index contributed by atoms with van der Waals surface area (Å²) in [5.41, 5.74) is 4.35. The zero-order chi connectivity index (χ0) is 25.4. The van der Waals surface area contributed by atoms with Gasteiger partial charge in [0, 0.05) is 23.4 Å². The van der Waals surface area contributed by atoms with Crippen LogP contribution in [0.2, 0.25) is 0 Å². The maximum atomic E-state index is 13.2. The number of carbonyl (C=O) groups is 3. The van der Waals surface area contributed by atoms with Crippen molar-refractivity contribution in [2.24, 2.45) is 5.92 Å². The van der Waals surface area contributed by atoms with Gasteiger partial charge in [0.1, 0.15) is 6.04 Å². The van der Waals surface area contributed by atoms with E-state index in [-0.39, 0.29) is 24.5 Å². The molecule has 2 aliphatic heterocycles. The van der Waals surface area contributed by atoms with Crippen molar-refractivity contribution in [2.45, 2.75) is 26.4 Å². The third kappa shape index (κ3) is 4.26. The Bertz CT molecular complexity index is 1350. The molecular formula is C28H26N2O6. The summed E-state index contributed by atoms with van der Waals surface area (Å²) in [6, 6.07) is 17.6. The molecule has 5 rings (SSSR count). The Kier molecular flexibility index (Phi) is 6.10. The lowest BCUT2D eigenvalue weighted by Gasteiger charge is -2.28. The first-order chi connectivity index (χ1) is 17.4. The molecule has 184 valence electrons. The van der Waals surface area contributed by atoms with Crippen LogP contribution < -0.4 is 14.8 Å². The highest BCUT2D eigenvalue weighted by molar-refractivity contribution is 6.05. The van der Waals surface area contributed by atoms with Crippen molar-refractivity contribution in [3.8, 4) is 22.6 Å². The molecule has 0 saturated carbocycles. The van der Waals surface area contributed by atoms with Crippen molar-refractivity contribution in [2.75, 3.05) is 19.2 Å². The maximum Gasteiger partial charge on any atom is 0.328 e. The number of benzene rings is 3. The molecule has 1 atom stereocenters. The zero-order valence-electron chi connectivity index (χ0n) is 20.2. The molecular weight excluding hydrogens is 460 g/mol. The number of esters is 1. The van der Waals surface area contributed by atoms with Crippen molar-refractivity contribution >= 4 is 23.5 Å². The molecule has 0 spiro atoms. The van der Waals surface area contributed by atoms with Gasteiger partial charge in [-0.25, -0.2) is 4.79 Å². The van der Waals surface area contributed by atoms with Crippen LogP contribution in [0, 0.1) is 5.92 Å². The SMILES string of the molecule is COC(=O)[C@H](C(C)C)N1Cc2ccc(-c3ccc(NC(=O)c4ccc5c(c4)OCO5)cc3)cc2C1=O. The molecule has 0 aliphatic carbocycles. The van der Waals surface area contributed by atoms with E-state index in [1.807, 2.05) is 56.3 Å². The van der Waals surface area contributed by atoms with Gasteiger partial charge in [-0.3, -0.25) is 9.59 Å². The highest BCUT2D eigenvalue weighted by atomic mass is 16.7. The fourth-order valence-corrected chi connectivity index (χ4v) is 4.59. The molecule has 8 nitrogen and oxygen atoms in total. The standard InChI is InChI=1S/C28H26N2O6/c1-16(2)25(28(33)34-3)30-14-20-5-4-18(12-22(20)27(30)32)17-6-9-21(10-7-17)29-26(31)19-8-11-23-24(13-19)36-15-35-23/h4-13,16,25H,14-15H2,1-3H3,(H,29,31)/t25-/m0/s1. The number of anilines is 1. The largest absolute Gasteiger partial charge is 0.467 e. The third-order valence-corrected chi connectivity index (χ3v) is 6.46. The van der Waals surface area contributed by atoms with Crippen LogP contribution in [0.3, 0.4) is 0 Å². The predicted molar refractivity (Wildman–Crippen MR) is 133 cm³/mol. The molecule has 3 aromatic rings. The number of nitrogens with one attached hydrogen (secondary N) is 1. The molecule has 0 radical (unpaired) electrons. The minimum atomic E-state index is -0.633. The molecule has 0 aromatic heterocycles. The van der Waals surface area contributed by atoms with Crippen LogP contribution in [-0.4, -0.2) is 42.6 Å². The minimum Gasteiger partial charge on any atom is -0.467 e. The molecule has 2 heterocycles. The van der Waals surface area contributed by atoms with E-state index in [4.69, 9.17) is 14.2 Å². The second kappa shape index (κ2) is 9.37. The maximum absolute atomic E-state index is 13.2. The summed E-state index contributed by atoms with van der Waals surface area (Å²) < 4.78 is 15.6. The summed E-state index contributed by atoms with van der Waals surface area (Å²) in [6.07, 6.45) is 0. The molecule has 2 aliphatic rings. The fraction of sp³-hybridized carbons (Fsp3) is 0.250. The normalized spacial score (nSPS) is 14.6. The quantitative estimate of drug-likeness (QED) is 0.516. The molecule has 0 unspecified atom stereocenters. The summed E-state index contributed by atoms with van der Waals surface area (Å²) in [6.45, 7) is 4.32. The van der Waals surface area contributed by atoms with Gasteiger partial charge in [-0.05, 0) is 59.0 Å². The summed E-state index contributed by atoms with van der Waals surface area (Å²) in [5, 5.41) is 2.88. The van der Waals surface area contributed by atoms with Crippen molar-refractivity contribution in [1.82, 2.24) is 4.90 Å². The minimum absolute atomic E-state index is 0.0735. The number of fused-ring (bicyclic) bond motifs is 2. The van der Waals surface area contributed by atoms with Gasteiger partial charge in [-0.15, -0.1) is 0 Å². The van der Waals surface area contributed by atoms with Crippen molar-refractivity contribution in [3.63, 3.8) is 0 Å². The van der Waals surface area contributed by atoms with Crippen LogP contribution in [-0.2, 0) is 16.1 Å². The number of ether oxygens (including phenoxy) is 3. The number of methoxy groups -OCH3 is 1. The predicted octanol–water partition coefficient (Wildman–Crippen LogP) is 4.49. The van der Waals surface area contributed by atoms with Crippen LogP contribution in [0.5, 0.6) is 11.5 Å². The molecule has 0 bridgehead atoms. The van der Waals surface area contributed by atoms with Gasteiger partial charge in [0.05, 0.1) is 7.11 Å². The van der Waals surface area contributed by atoms with E-state index in [0.717, 1.165) is 16.7 Å². The average Bonchev–Trinajstić information content (AvgIpc) is 3.48. The molecule has 8 heteroatoms. The Labute approximate surface area is 208 Å². The summed E-state index contributed by atoms with van der Waals surface area (Å²) in [7, 11) is 1.34. The van der Waals surface area contributed by atoms with Crippen LogP contribution >= 0.6 is 0 Å². The van der Waals surface area contributed by atoms with E-state index in [9.17, 15) is 14.4 Å². The number of nitrogens with zero attached hydrogens (tertiary/aromatic N) is 1. The number of carbonyl (C=O) groups excluding carboxylic acids is 3. The lowest BCUT2D eigenvalue weighted by molar-refractivity contribution is -0.147. The summed E-state index contributed by atoms with van der Waals surface area (Å²) >= 11 is 0. The highest BCUT2D eigenvalue weighted by Crippen LogP contribution is 2.34. The van der Waals surface area contributed by atoms with E-state index < -0.39 is 12.0 Å². The van der Waals surface area contributed by atoms with Crippen LogP contribution in [0.15, 0.2) is 60.7 Å². The lowest BCUT2D eigenvalue weighted by atomic mass is 10.00. The monoisotopic (exact) mass is 486 g/mol. The molecule has 3 aromatic carbocycles. The van der Waals surface area contributed by atoms with Crippen molar-refractivity contribution in [3.05, 3.63) is 77.4 Å². The Balaban J connectivity index is 1.31. The third-order valence-electron chi connectivity index (χ3n) is 6.46. The van der Waals surface area contributed by atoms with E-state index in [2.05, 4.69) is 5.32 Å². The van der Waals surface area contributed by atoms with Gasteiger partial charge in [-0.2, -0.15) is 0 Å². The van der Waals surface area contributed by atoms with Gasteiger partial charge in [0.2, 0.25) is 6.79 Å². The number of rotatable bonds is 6. The smallest absolute Gasteiger partial charge is 0.328 e. The first-order valence-corrected chi connectivity index (χ1v) is 11.7. The Morgan fingerprint density at radius 3 is 2.39 bits per heavy atom. The van der Waals surface area contributed by atoms with Gasteiger partial charge in [0.25, 0.3) is 11.8 Å². The Morgan fingerprint density at radius 1 is 0.944 bits per heavy atom. The van der Waals surface area contributed by atoms with Crippen LogP contribution in [0.4, 0.5) is 5.69 Å². The molecule has 36 heavy (non-hydrogen) atoms. The van der Waals surface area contributed by atoms with E-state index in [1.165, 1.54) is 7.11 Å². The zero-order valence-corrected chi connectivity index (χ0v) is 20.2. The second-order valence-electron chi connectivity index (χ2n) is 9.12. The molecule has 0 fully saturated rings. The van der Waals surface area contributed by atoms with E-state index in [0.29, 0.717) is 34.9 Å². The Morgan fingerprint density at radius 2 is 1.67 bits per heavy atom. The fourth-order valence-electron chi connectivity index (χ4n) is 4.59. The second-order valence-corrected chi connectivity index (χ2v) is 9.12. The lowest BCUT2D eigenvalue weighted by Crippen LogP contribution is -2.45. The van der Waals surface area contributed by atoms with Crippen LogP contribution in [0.1, 0.15) is 40.1 Å². The van der Waals surface area contributed by atoms with Gasteiger partial charge in [-0.1, -0.05) is 38.1 Å². The molecule has 1 N–H and O–H groups in total. The first kappa shape index (κ1) is 23.4. The van der Waals surface area contributed by atoms with Gasteiger partial charge < -0.3 is 24.4 Å².